The number of aliphatic hydroxyl groups excluding tert-OH is 1. The van der Waals surface area contributed by atoms with Gasteiger partial charge in [-0.3, -0.25) is 4.90 Å². The van der Waals surface area contributed by atoms with Crippen molar-refractivity contribution in [3.63, 3.8) is 0 Å². The molecule has 0 amide bonds. The number of aliphatic hydroxyl groups is 1. The zero-order valence-electron chi connectivity index (χ0n) is 21.6. The summed E-state index contributed by atoms with van der Waals surface area (Å²) in [4.78, 5) is 13.6. The van der Waals surface area contributed by atoms with Crippen LogP contribution in [-0.2, 0) is 0 Å². The number of anilines is 1. The highest BCUT2D eigenvalue weighted by Crippen LogP contribution is 2.32. The third-order valence-electron chi connectivity index (χ3n) is 6.44. The molecule has 200 valence electrons. The maximum Gasteiger partial charge on any atom is 0.251 e. The Hall–Kier alpha value is -3.15. The SMILES string of the molecule is CNCC(O)COc1cccc(-c2nc(-c3c(C)noc3C)cc(N3CCN(CC(F)F)[C@@H](C)C3)n2)c1. The zero-order chi connectivity index (χ0) is 26.5. The number of halogens is 2. The third-order valence-corrected chi connectivity index (χ3v) is 6.44. The van der Waals surface area contributed by atoms with Crippen LogP contribution in [0, 0.1) is 13.8 Å². The molecule has 3 heterocycles. The van der Waals surface area contributed by atoms with Crippen LogP contribution in [-0.4, -0.2) is 90.1 Å². The quantitative estimate of drug-likeness (QED) is 0.421. The Morgan fingerprint density at radius 1 is 1.22 bits per heavy atom. The number of hydrogen-bond acceptors (Lipinski definition) is 9. The van der Waals surface area contributed by atoms with Gasteiger partial charge in [-0.15, -0.1) is 0 Å². The van der Waals surface area contributed by atoms with E-state index in [-0.39, 0.29) is 19.2 Å². The summed E-state index contributed by atoms with van der Waals surface area (Å²) in [6.07, 6.45) is -3.00. The van der Waals surface area contributed by atoms with Gasteiger partial charge in [-0.1, -0.05) is 17.3 Å². The molecule has 4 rings (SSSR count). The first-order valence-electron chi connectivity index (χ1n) is 12.4. The smallest absolute Gasteiger partial charge is 0.251 e. The molecule has 0 saturated carbocycles. The van der Waals surface area contributed by atoms with Crippen molar-refractivity contribution in [2.45, 2.75) is 39.3 Å². The summed E-state index contributed by atoms with van der Waals surface area (Å²) in [5, 5.41) is 17.0. The largest absolute Gasteiger partial charge is 0.491 e. The highest BCUT2D eigenvalue weighted by molar-refractivity contribution is 5.71. The van der Waals surface area contributed by atoms with Gasteiger partial charge in [0.2, 0.25) is 0 Å². The van der Waals surface area contributed by atoms with Crippen LogP contribution in [0.1, 0.15) is 18.4 Å². The van der Waals surface area contributed by atoms with E-state index in [4.69, 9.17) is 19.2 Å². The Morgan fingerprint density at radius 3 is 2.70 bits per heavy atom. The van der Waals surface area contributed by atoms with Crippen molar-refractivity contribution in [1.82, 2.24) is 25.3 Å². The van der Waals surface area contributed by atoms with Crippen LogP contribution in [0.3, 0.4) is 0 Å². The van der Waals surface area contributed by atoms with Gasteiger partial charge < -0.3 is 24.6 Å². The van der Waals surface area contributed by atoms with Crippen molar-refractivity contribution in [2.24, 2.45) is 0 Å². The predicted octanol–water partition coefficient (Wildman–Crippen LogP) is 3.15. The average molecular weight is 517 g/mol. The van der Waals surface area contributed by atoms with E-state index >= 15 is 0 Å². The van der Waals surface area contributed by atoms with Gasteiger partial charge in [0.25, 0.3) is 6.43 Å². The minimum absolute atomic E-state index is 0.0514. The number of rotatable bonds is 10. The Morgan fingerprint density at radius 2 is 2.03 bits per heavy atom. The molecule has 1 unspecified atom stereocenters. The maximum atomic E-state index is 13.0. The molecule has 0 radical (unpaired) electrons. The van der Waals surface area contributed by atoms with Gasteiger partial charge in [-0.2, -0.15) is 0 Å². The highest BCUT2D eigenvalue weighted by Gasteiger charge is 2.28. The first-order valence-corrected chi connectivity index (χ1v) is 12.4. The molecule has 1 aliphatic heterocycles. The molecule has 2 atom stereocenters. The standard InChI is InChI=1S/C26H34F2N6O3/c1-16-13-34(9-8-33(16)14-23(27)28)24-11-22(25-17(2)32-37-18(25)3)30-26(31-24)19-6-5-7-21(10-19)36-15-20(35)12-29-4/h5-7,10-11,16,20,23,29,35H,8-9,12-15H2,1-4H3/t16-,20?/m0/s1. The number of hydrogen-bond donors (Lipinski definition) is 2. The summed E-state index contributed by atoms with van der Waals surface area (Å²) in [5.41, 5.74) is 2.95. The van der Waals surface area contributed by atoms with E-state index in [0.717, 1.165) is 16.8 Å². The highest BCUT2D eigenvalue weighted by atomic mass is 19.3. The second kappa shape index (κ2) is 11.9. The number of ether oxygens (including phenoxy) is 1. The molecule has 2 aromatic heterocycles. The minimum Gasteiger partial charge on any atom is -0.491 e. The maximum absolute atomic E-state index is 13.0. The van der Waals surface area contributed by atoms with E-state index < -0.39 is 12.5 Å². The van der Waals surface area contributed by atoms with Gasteiger partial charge in [-0.05, 0) is 40.0 Å². The molecule has 1 aliphatic rings. The number of piperazine rings is 1. The molecular formula is C26H34F2N6O3. The first-order chi connectivity index (χ1) is 17.7. The number of alkyl halides is 2. The molecular weight excluding hydrogens is 482 g/mol. The summed E-state index contributed by atoms with van der Waals surface area (Å²) < 4.78 is 37.2. The number of aromatic nitrogens is 3. The Kier molecular flexibility index (Phi) is 8.67. The summed E-state index contributed by atoms with van der Waals surface area (Å²) in [7, 11) is 1.77. The summed E-state index contributed by atoms with van der Waals surface area (Å²) in [6.45, 7) is 7.65. The van der Waals surface area contributed by atoms with Crippen molar-refractivity contribution in [2.75, 3.05) is 51.3 Å². The van der Waals surface area contributed by atoms with Crippen molar-refractivity contribution < 1.29 is 23.1 Å². The number of nitrogens with one attached hydrogen (secondary N) is 1. The molecule has 1 fully saturated rings. The van der Waals surface area contributed by atoms with Crippen LogP contribution >= 0.6 is 0 Å². The molecule has 1 aromatic carbocycles. The molecule has 3 aromatic rings. The van der Waals surface area contributed by atoms with Crippen LogP contribution in [0.25, 0.3) is 22.6 Å². The van der Waals surface area contributed by atoms with Gasteiger partial charge in [0.1, 0.15) is 30.0 Å². The van der Waals surface area contributed by atoms with Crippen LogP contribution in [0.2, 0.25) is 0 Å². The van der Waals surface area contributed by atoms with Gasteiger partial charge in [0.15, 0.2) is 5.82 Å². The Bertz CT molecular complexity index is 1170. The zero-order valence-corrected chi connectivity index (χ0v) is 21.6. The fraction of sp³-hybridized carbons (Fsp3) is 0.500. The summed E-state index contributed by atoms with van der Waals surface area (Å²) in [5.74, 6) is 2.45. The third kappa shape index (κ3) is 6.60. The van der Waals surface area contributed by atoms with E-state index in [2.05, 4.69) is 15.4 Å². The lowest BCUT2D eigenvalue weighted by Crippen LogP contribution is -2.53. The molecule has 0 bridgehead atoms. The fourth-order valence-corrected chi connectivity index (χ4v) is 4.57. The lowest BCUT2D eigenvalue weighted by atomic mass is 10.1. The van der Waals surface area contributed by atoms with Crippen LogP contribution in [0.4, 0.5) is 14.6 Å². The lowest BCUT2D eigenvalue weighted by Gasteiger charge is -2.40. The van der Waals surface area contributed by atoms with E-state index in [0.29, 0.717) is 55.0 Å². The average Bonchev–Trinajstić information content (AvgIpc) is 3.21. The molecule has 0 spiro atoms. The van der Waals surface area contributed by atoms with Crippen LogP contribution < -0.4 is 15.0 Å². The lowest BCUT2D eigenvalue weighted by molar-refractivity contribution is 0.0644. The van der Waals surface area contributed by atoms with E-state index in [1.165, 1.54) is 0 Å². The van der Waals surface area contributed by atoms with E-state index in [1.54, 1.807) is 7.05 Å². The van der Waals surface area contributed by atoms with Crippen LogP contribution in [0.5, 0.6) is 5.75 Å². The normalized spacial score (nSPS) is 17.4. The summed E-state index contributed by atoms with van der Waals surface area (Å²) in [6, 6.07) is 9.26. The Balaban J connectivity index is 1.67. The molecule has 11 heteroatoms. The minimum atomic E-state index is -2.36. The molecule has 0 aliphatic carbocycles. The number of aryl methyl sites for hydroxylation is 2. The monoisotopic (exact) mass is 516 g/mol. The van der Waals surface area contributed by atoms with Gasteiger partial charge in [0, 0.05) is 43.9 Å². The van der Waals surface area contributed by atoms with Crippen molar-refractivity contribution in [1.29, 1.82) is 0 Å². The number of likely N-dealkylation sites (N-methyl/N-ethyl adjacent to an activating group) is 1. The predicted molar refractivity (Wildman–Crippen MR) is 137 cm³/mol. The van der Waals surface area contributed by atoms with Crippen LogP contribution in [0.15, 0.2) is 34.9 Å². The topological polar surface area (TPSA) is 99.8 Å². The first kappa shape index (κ1) is 26.9. The number of benzene rings is 1. The van der Waals surface area contributed by atoms with Crippen molar-refractivity contribution >= 4 is 5.82 Å². The Labute approximate surface area is 215 Å². The molecule has 1 saturated heterocycles. The molecule has 9 nitrogen and oxygen atoms in total. The summed E-state index contributed by atoms with van der Waals surface area (Å²) >= 11 is 0. The van der Waals surface area contributed by atoms with Gasteiger partial charge in [0.05, 0.1) is 23.5 Å². The molecule has 2 N–H and O–H groups in total. The van der Waals surface area contributed by atoms with E-state index in [1.807, 2.05) is 56.0 Å². The molecule has 37 heavy (non-hydrogen) atoms. The van der Waals surface area contributed by atoms with Crippen molar-refractivity contribution in [3.8, 4) is 28.4 Å². The number of nitrogens with zero attached hydrogens (tertiary/aromatic N) is 5. The second-order valence-electron chi connectivity index (χ2n) is 9.37. The van der Waals surface area contributed by atoms with Gasteiger partial charge >= 0.3 is 0 Å². The fourth-order valence-electron chi connectivity index (χ4n) is 4.57. The van der Waals surface area contributed by atoms with Gasteiger partial charge in [-0.25, -0.2) is 18.7 Å². The van der Waals surface area contributed by atoms with Crippen molar-refractivity contribution in [3.05, 3.63) is 41.8 Å². The van der Waals surface area contributed by atoms with E-state index in [9.17, 15) is 13.9 Å². The second-order valence-corrected chi connectivity index (χ2v) is 9.37.